The molecule has 0 aromatic carbocycles. The van der Waals surface area contributed by atoms with Gasteiger partial charge in [-0.25, -0.2) is 9.78 Å². The first-order valence-corrected chi connectivity index (χ1v) is 8.99. The summed E-state index contributed by atoms with van der Waals surface area (Å²) >= 11 is 0.154. The minimum absolute atomic E-state index is 0.0961. The molecule has 2 aromatic rings. The van der Waals surface area contributed by atoms with Gasteiger partial charge in [0.05, 0.1) is 12.2 Å². The molecule has 2 aromatic heterocycles. The average Bonchev–Trinajstić information content (AvgIpc) is 2.91. The van der Waals surface area contributed by atoms with Gasteiger partial charge >= 0.3 is 5.97 Å². The van der Waals surface area contributed by atoms with Gasteiger partial charge in [0.2, 0.25) is 5.78 Å². The number of methoxy groups -OCH3 is 1. The Labute approximate surface area is 159 Å². The van der Waals surface area contributed by atoms with Crippen molar-refractivity contribution in [1.82, 2.24) is 9.55 Å². The Balaban J connectivity index is 2.07. The van der Waals surface area contributed by atoms with E-state index >= 15 is 0 Å². The van der Waals surface area contributed by atoms with Crippen LogP contribution in [0.2, 0.25) is 0 Å². The van der Waals surface area contributed by atoms with Gasteiger partial charge in [-0.3, -0.25) is 4.79 Å². The number of rotatable bonds is 9. The van der Waals surface area contributed by atoms with E-state index in [1.807, 2.05) is 11.5 Å². The summed E-state index contributed by atoms with van der Waals surface area (Å²) in [4.78, 5) is 28.4. The van der Waals surface area contributed by atoms with Crippen LogP contribution in [0.3, 0.4) is 0 Å². The molecular formula is C18H20F2N2O4S. The fourth-order valence-corrected chi connectivity index (χ4v) is 3.19. The topological polar surface area (TPSA) is 70.4 Å². The number of aryl methyl sites for hydroxylation is 1. The number of ketones is 1. The molecule has 0 saturated heterocycles. The molecule has 0 atom stereocenters. The Morgan fingerprint density at radius 1 is 1.30 bits per heavy atom. The van der Waals surface area contributed by atoms with Gasteiger partial charge in [-0.15, -0.1) is 0 Å². The van der Waals surface area contributed by atoms with Crippen LogP contribution in [0.1, 0.15) is 32.1 Å². The van der Waals surface area contributed by atoms with E-state index in [0.717, 1.165) is 11.4 Å². The molecule has 0 aliphatic carbocycles. The van der Waals surface area contributed by atoms with Crippen LogP contribution < -0.4 is 0 Å². The number of Topliss-reactive ketones (excluding diaryl/α,β-unsaturated/α-hetero) is 1. The molecular weight excluding hydrogens is 378 g/mol. The first-order valence-electron chi connectivity index (χ1n) is 8.11. The Morgan fingerprint density at radius 2 is 2.04 bits per heavy atom. The van der Waals surface area contributed by atoms with Crippen molar-refractivity contribution in [2.75, 3.05) is 20.3 Å². The van der Waals surface area contributed by atoms with Crippen LogP contribution in [0.25, 0.3) is 0 Å². The molecule has 0 aliphatic heterocycles. The van der Waals surface area contributed by atoms with Gasteiger partial charge in [-0.1, -0.05) is 0 Å². The lowest BCUT2D eigenvalue weighted by atomic mass is 10.1. The van der Waals surface area contributed by atoms with E-state index in [-0.39, 0.29) is 28.1 Å². The Morgan fingerprint density at radius 3 is 2.70 bits per heavy atom. The maximum absolute atomic E-state index is 12.6. The number of halogens is 2. The molecule has 0 aliphatic rings. The molecule has 2 heterocycles. The largest absolute Gasteiger partial charge is 0.454 e. The molecule has 2 rings (SSSR count). The minimum atomic E-state index is -2.72. The normalized spacial score (nSPS) is 11.0. The van der Waals surface area contributed by atoms with Gasteiger partial charge in [0.1, 0.15) is 5.03 Å². The van der Waals surface area contributed by atoms with Crippen molar-refractivity contribution in [1.29, 1.82) is 0 Å². The summed E-state index contributed by atoms with van der Waals surface area (Å²) in [5, 5.41) is -0.136. The van der Waals surface area contributed by atoms with E-state index in [9.17, 15) is 18.4 Å². The molecule has 0 spiro atoms. The number of hydrogen-bond acceptors (Lipinski definition) is 6. The van der Waals surface area contributed by atoms with Crippen LogP contribution in [0.4, 0.5) is 8.78 Å². The Hall–Kier alpha value is -2.26. The molecule has 0 radical (unpaired) electrons. The second-order valence-electron chi connectivity index (χ2n) is 5.66. The lowest BCUT2D eigenvalue weighted by Crippen LogP contribution is -2.16. The number of esters is 1. The van der Waals surface area contributed by atoms with E-state index in [2.05, 4.69) is 4.98 Å². The number of carbonyl (C=O) groups excluding carboxylic acids is 2. The predicted octanol–water partition coefficient (Wildman–Crippen LogP) is 3.50. The van der Waals surface area contributed by atoms with Crippen molar-refractivity contribution < 1.29 is 27.8 Å². The number of carbonyl (C=O) groups is 2. The molecule has 0 unspecified atom stereocenters. The SMILES string of the molecule is COCCn1c(C)cc(C(=O)COC(=O)c2cccnc2SC(F)F)c1C. The number of alkyl halides is 2. The van der Waals surface area contributed by atoms with Crippen molar-refractivity contribution in [2.45, 2.75) is 31.2 Å². The van der Waals surface area contributed by atoms with Crippen LogP contribution in [-0.2, 0) is 16.0 Å². The monoisotopic (exact) mass is 398 g/mol. The fraction of sp³-hybridized carbons (Fsp3) is 0.389. The van der Waals surface area contributed by atoms with E-state index in [1.54, 1.807) is 20.1 Å². The molecule has 0 bridgehead atoms. The molecule has 0 saturated carbocycles. The third-order valence-corrected chi connectivity index (χ3v) is 4.65. The zero-order valence-electron chi connectivity index (χ0n) is 15.2. The summed E-state index contributed by atoms with van der Waals surface area (Å²) in [5.41, 5.74) is 1.99. The molecule has 0 amide bonds. The van der Waals surface area contributed by atoms with Crippen molar-refractivity contribution in [3.05, 3.63) is 46.9 Å². The quantitative estimate of drug-likeness (QED) is 0.366. The van der Waals surface area contributed by atoms with Crippen molar-refractivity contribution in [2.24, 2.45) is 0 Å². The second-order valence-corrected chi connectivity index (χ2v) is 6.64. The van der Waals surface area contributed by atoms with Gasteiger partial charge in [-0.05, 0) is 43.8 Å². The summed E-state index contributed by atoms with van der Waals surface area (Å²) < 4.78 is 37.2. The summed E-state index contributed by atoms with van der Waals surface area (Å²) in [6.45, 7) is 4.29. The van der Waals surface area contributed by atoms with Gasteiger partial charge in [0, 0.05) is 36.8 Å². The van der Waals surface area contributed by atoms with Gasteiger partial charge in [0.15, 0.2) is 6.61 Å². The first-order chi connectivity index (χ1) is 12.8. The smallest absolute Gasteiger partial charge is 0.341 e. The predicted molar refractivity (Wildman–Crippen MR) is 96.5 cm³/mol. The van der Waals surface area contributed by atoms with Crippen LogP contribution in [0, 0.1) is 13.8 Å². The van der Waals surface area contributed by atoms with Gasteiger partial charge in [-0.2, -0.15) is 8.78 Å². The van der Waals surface area contributed by atoms with Crippen LogP contribution in [-0.4, -0.2) is 47.4 Å². The van der Waals surface area contributed by atoms with Crippen LogP contribution >= 0.6 is 11.8 Å². The third-order valence-electron chi connectivity index (χ3n) is 3.92. The molecule has 9 heteroatoms. The standard InChI is InChI=1S/C18H20F2N2O4S/c1-11-9-14(12(2)22(11)7-8-25-3)15(23)10-26-17(24)13-5-4-6-21-16(13)27-18(19)20/h4-6,9,18H,7-8,10H2,1-3H3. The molecule has 0 N–H and O–H groups in total. The highest BCUT2D eigenvalue weighted by Gasteiger charge is 2.21. The minimum Gasteiger partial charge on any atom is -0.454 e. The molecule has 6 nitrogen and oxygen atoms in total. The van der Waals surface area contributed by atoms with Gasteiger partial charge in [0.25, 0.3) is 5.76 Å². The summed E-state index contributed by atoms with van der Waals surface area (Å²) in [5.74, 6) is -3.95. The highest BCUT2D eigenvalue weighted by atomic mass is 32.2. The number of aromatic nitrogens is 2. The summed E-state index contributed by atoms with van der Waals surface area (Å²) in [7, 11) is 1.60. The fourth-order valence-electron chi connectivity index (χ4n) is 2.62. The van der Waals surface area contributed by atoms with E-state index in [1.165, 1.54) is 18.3 Å². The molecule has 146 valence electrons. The number of pyridine rings is 1. The lowest BCUT2D eigenvalue weighted by Gasteiger charge is -2.09. The lowest BCUT2D eigenvalue weighted by molar-refractivity contribution is 0.0470. The zero-order chi connectivity index (χ0) is 20.0. The Bertz CT molecular complexity index is 824. The summed E-state index contributed by atoms with van der Waals surface area (Å²) in [6, 6.07) is 4.50. The average molecular weight is 398 g/mol. The van der Waals surface area contributed by atoms with E-state index in [0.29, 0.717) is 18.7 Å². The van der Waals surface area contributed by atoms with Crippen molar-refractivity contribution in [3.8, 4) is 0 Å². The number of thioether (sulfide) groups is 1. The maximum Gasteiger partial charge on any atom is 0.341 e. The zero-order valence-corrected chi connectivity index (χ0v) is 16.0. The summed E-state index contributed by atoms with van der Waals surface area (Å²) in [6.07, 6.45) is 1.31. The maximum atomic E-state index is 12.6. The number of nitrogens with zero attached hydrogens (tertiary/aromatic N) is 2. The third kappa shape index (κ3) is 5.36. The molecule has 27 heavy (non-hydrogen) atoms. The van der Waals surface area contributed by atoms with E-state index < -0.39 is 18.3 Å². The molecule has 0 fully saturated rings. The van der Waals surface area contributed by atoms with Crippen molar-refractivity contribution in [3.63, 3.8) is 0 Å². The number of hydrogen-bond donors (Lipinski definition) is 0. The number of ether oxygens (including phenoxy) is 2. The first kappa shape index (κ1) is 21.0. The van der Waals surface area contributed by atoms with Crippen molar-refractivity contribution >= 4 is 23.5 Å². The Kier molecular flexibility index (Phi) is 7.49. The van der Waals surface area contributed by atoms with Gasteiger partial charge < -0.3 is 14.0 Å². The second kappa shape index (κ2) is 9.61. The van der Waals surface area contributed by atoms with Crippen LogP contribution in [0.5, 0.6) is 0 Å². The van der Waals surface area contributed by atoms with E-state index in [4.69, 9.17) is 9.47 Å². The highest BCUT2D eigenvalue weighted by molar-refractivity contribution is 7.99. The highest BCUT2D eigenvalue weighted by Crippen LogP contribution is 2.26. The van der Waals surface area contributed by atoms with Crippen LogP contribution in [0.15, 0.2) is 29.4 Å².